The summed E-state index contributed by atoms with van der Waals surface area (Å²) in [6, 6.07) is 76.7. The highest BCUT2D eigenvalue weighted by atomic mass is 15.1. The third kappa shape index (κ3) is 6.07. The molecule has 9 aromatic rings. The molecule has 51 heavy (non-hydrogen) atoms. The Morgan fingerprint density at radius 2 is 0.549 bits per heavy atom. The van der Waals surface area contributed by atoms with Crippen molar-refractivity contribution >= 4 is 38.6 Å². The number of nitrogens with zero attached hydrogens (tertiary/aromatic N) is 1. The van der Waals surface area contributed by atoms with Gasteiger partial charge in [0.15, 0.2) is 0 Å². The molecule has 9 rings (SSSR count). The normalized spacial score (nSPS) is 11.1. The highest BCUT2D eigenvalue weighted by Crippen LogP contribution is 2.40. The van der Waals surface area contributed by atoms with Crippen molar-refractivity contribution in [2.75, 3.05) is 4.90 Å². The van der Waals surface area contributed by atoms with Crippen molar-refractivity contribution in [3.8, 4) is 44.5 Å². The highest BCUT2D eigenvalue weighted by Gasteiger charge is 2.16. The van der Waals surface area contributed by atoms with Crippen LogP contribution in [0.4, 0.5) is 17.1 Å². The van der Waals surface area contributed by atoms with Crippen molar-refractivity contribution in [3.63, 3.8) is 0 Å². The van der Waals surface area contributed by atoms with Crippen LogP contribution in [0.15, 0.2) is 212 Å². The molecule has 0 aromatic heterocycles. The molecule has 0 saturated carbocycles. The Kier molecular flexibility index (Phi) is 7.92. The summed E-state index contributed by atoms with van der Waals surface area (Å²) < 4.78 is 0. The molecule has 0 fully saturated rings. The summed E-state index contributed by atoms with van der Waals surface area (Å²) in [5.41, 5.74) is 13.0. The van der Waals surface area contributed by atoms with E-state index in [2.05, 4.69) is 217 Å². The minimum Gasteiger partial charge on any atom is -0.311 e. The molecule has 240 valence electrons. The minimum atomic E-state index is 1.10. The SMILES string of the molecule is c1ccc(-c2ccc(N(c3ccc(-c4ccccc4)cc3)c3ccc(-c4cc5ccccc5cc4-c4ccc5ccccc5c4)cc3)cc2)cc1. The number of benzene rings is 9. The van der Waals surface area contributed by atoms with Gasteiger partial charge in [-0.1, -0.05) is 158 Å². The third-order valence-corrected chi connectivity index (χ3v) is 9.85. The van der Waals surface area contributed by atoms with Crippen molar-refractivity contribution in [2.45, 2.75) is 0 Å². The van der Waals surface area contributed by atoms with Crippen molar-refractivity contribution < 1.29 is 0 Å². The zero-order chi connectivity index (χ0) is 34.0. The van der Waals surface area contributed by atoms with E-state index in [9.17, 15) is 0 Å². The molecule has 1 nitrogen and oxygen atoms in total. The van der Waals surface area contributed by atoms with E-state index in [1.54, 1.807) is 0 Å². The number of hydrogen-bond acceptors (Lipinski definition) is 1. The van der Waals surface area contributed by atoms with Gasteiger partial charge < -0.3 is 4.90 Å². The topological polar surface area (TPSA) is 3.24 Å². The highest BCUT2D eigenvalue weighted by molar-refractivity contribution is 5.99. The number of rotatable bonds is 7. The molecule has 1 heteroatoms. The van der Waals surface area contributed by atoms with Gasteiger partial charge >= 0.3 is 0 Å². The molecule has 0 aliphatic rings. The van der Waals surface area contributed by atoms with Gasteiger partial charge in [0.25, 0.3) is 0 Å². The molecule has 0 unspecified atom stereocenters. The smallest absolute Gasteiger partial charge is 0.0462 e. The lowest BCUT2D eigenvalue weighted by Gasteiger charge is -2.26. The van der Waals surface area contributed by atoms with Crippen LogP contribution >= 0.6 is 0 Å². The number of anilines is 3. The van der Waals surface area contributed by atoms with E-state index < -0.39 is 0 Å². The zero-order valence-corrected chi connectivity index (χ0v) is 28.2. The summed E-state index contributed by atoms with van der Waals surface area (Å²) in [5.74, 6) is 0. The van der Waals surface area contributed by atoms with E-state index in [-0.39, 0.29) is 0 Å². The van der Waals surface area contributed by atoms with Crippen LogP contribution in [0, 0.1) is 0 Å². The van der Waals surface area contributed by atoms with Gasteiger partial charge in [0, 0.05) is 17.1 Å². The van der Waals surface area contributed by atoms with Crippen molar-refractivity contribution in [3.05, 3.63) is 212 Å². The van der Waals surface area contributed by atoms with Crippen molar-refractivity contribution in [2.24, 2.45) is 0 Å². The first-order valence-corrected chi connectivity index (χ1v) is 17.5. The van der Waals surface area contributed by atoms with Gasteiger partial charge in [-0.15, -0.1) is 0 Å². The van der Waals surface area contributed by atoms with Gasteiger partial charge in [0.2, 0.25) is 0 Å². The quantitative estimate of drug-likeness (QED) is 0.166. The standard InChI is InChI=1S/C50H35N/c1-3-11-36(12-4-1)39-21-27-46(28-22-39)51(47-29-23-40(24-30-47)37-13-5-2-6-14-37)48-31-25-41(26-32-48)49-34-43-17-9-10-18-44(43)35-50(49)45-20-19-38-15-7-8-16-42(38)33-45/h1-35H. The van der Waals surface area contributed by atoms with Crippen LogP contribution in [0.3, 0.4) is 0 Å². The van der Waals surface area contributed by atoms with Gasteiger partial charge in [0.1, 0.15) is 0 Å². The third-order valence-electron chi connectivity index (χ3n) is 9.85. The second kappa shape index (κ2) is 13.3. The first-order chi connectivity index (χ1) is 25.3. The lowest BCUT2D eigenvalue weighted by atomic mass is 9.90. The van der Waals surface area contributed by atoms with Crippen LogP contribution in [-0.4, -0.2) is 0 Å². The summed E-state index contributed by atoms with van der Waals surface area (Å²) >= 11 is 0. The lowest BCUT2D eigenvalue weighted by molar-refractivity contribution is 1.28. The van der Waals surface area contributed by atoms with E-state index in [4.69, 9.17) is 0 Å². The summed E-state index contributed by atoms with van der Waals surface area (Å²) in [6.07, 6.45) is 0. The van der Waals surface area contributed by atoms with Crippen molar-refractivity contribution in [1.82, 2.24) is 0 Å². The first-order valence-electron chi connectivity index (χ1n) is 17.5. The van der Waals surface area contributed by atoms with Crippen LogP contribution in [0.5, 0.6) is 0 Å². The lowest BCUT2D eigenvalue weighted by Crippen LogP contribution is -2.09. The predicted molar refractivity (Wildman–Crippen MR) is 218 cm³/mol. The second-order valence-corrected chi connectivity index (χ2v) is 13.0. The Labute approximate surface area is 299 Å². The molecule has 0 bridgehead atoms. The van der Waals surface area contributed by atoms with E-state index in [0.29, 0.717) is 0 Å². The number of hydrogen-bond donors (Lipinski definition) is 0. The van der Waals surface area contributed by atoms with E-state index in [1.165, 1.54) is 66.1 Å². The first kappa shape index (κ1) is 30.4. The minimum absolute atomic E-state index is 1.10. The van der Waals surface area contributed by atoms with Gasteiger partial charge in [-0.05, 0) is 121 Å². The molecule has 0 saturated heterocycles. The summed E-state index contributed by atoms with van der Waals surface area (Å²) in [7, 11) is 0. The molecule has 0 amide bonds. The fourth-order valence-corrected chi connectivity index (χ4v) is 7.18. The maximum Gasteiger partial charge on any atom is 0.0462 e. The second-order valence-electron chi connectivity index (χ2n) is 13.0. The average Bonchev–Trinajstić information content (AvgIpc) is 3.22. The van der Waals surface area contributed by atoms with E-state index >= 15 is 0 Å². The molecule has 0 spiro atoms. The molecule has 0 N–H and O–H groups in total. The van der Waals surface area contributed by atoms with E-state index in [0.717, 1.165) is 17.1 Å². The Balaban J connectivity index is 1.14. The van der Waals surface area contributed by atoms with Gasteiger partial charge in [-0.3, -0.25) is 0 Å². The maximum absolute atomic E-state index is 2.35. The van der Waals surface area contributed by atoms with E-state index in [1.807, 2.05) is 0 Å². The monoisotopic (exact) mass is 649 g/mol. The van der Waals surface area contributed by atoms with Crippen LogP contribution < -0.4 is 4.90 Å². The summed E-state index contributed by atoms with van der Waals surface area (Å²) in [5, 5.41) is 4.98. The Morgan fingerprint density at radius 1 is 0.216 bits per heavy atom. The summed E-state index contributed by atoms with van der Waals surface area (Å²) in [4.78, 5) is 2.35. The van der Waals surface area contributed by atoms with Crippen molar-refractivity contribution in [1.29, 1.82) is 0 Å². The zero-order valence-electron chi connectivity index (χ0n) is 28.2. The Bertz CT molecular complexity index is 2500. The Morgan fingerprint density at radius 3 is 1.02 bits per heavy atom. The van der Waals surface area contributed by atoms with Crippen LogP contribution in [0.2, 0.25) is 0 Å². The average molecular weight is 650 g/mol. The molecular weight excluding hydrogens is 615 g/mol. The van der Waals surface area contributed by atoms with Crippen LogP contribution in [0.25, 0.3) is 66.1 Å². The molecule has 0 aliphatic heterocycles. The van der Waals surface area contributed by atoms with Crippen LogP contribution in [-0.2, 0) is 0 Å². The number of fused-ring (bicyclic) bond motifs is 2. The summed E-state index contributed by atoms with van der Waals surface area (Å²) in [6.45, 7) is 0. The fourth-order valence-electron chi connectivity index (χ4n) is 7.18. The molecule has 0 aliphatic carbocycles. The largest absolute Gasteiger partial charge is 0.311 e. The molecule has 0 heterocycles. The molecule has 0 atom stereocenters. The van der Waals surface area contributed by atoms with Gasteiger partial charge in [-0.25, -0.2) is 0 Å². The Hall–Kier alpha value is -6.70. The van der Waals surface area contributed by atoms with Crippen LogP contribution in [0.1, 0.15) is 0 Å². The molecule has 9 aromatic carbocycles. The molecule has 0 radical (unpaired) electrons. The van der Waals surface area contributed by atoms with Gasteiger partial charge in [-0.2, -0.15) is 0 Å². The predicted octanol–water partition coefficient (Wildman–Crippen LogP) is 14.1. The molecular formula is C50H35N. The fraction of sp³-hybridized carbons (Fsp3) is 0. The van der Waals surface area contributed by atoms with Gasteiger partial charge in [0.05, 0.1) is 0 Å². The maximum atomic E-state index is 2.35.